The minimum Gasteiger partial charge on any atom is -0.504 e. The van der Waals surface area contributed by atoms with Gasteiger partial charge in [-0.05, 0) is 46.2 Å². The van der Waals surface area contributed by atoms with E-state index in [9.17, 15) is 9.90 Å². The van der Waals surface area contributed by atoms with Crippen LogP contribution in [0.4, 0.5) is 0 Å². The molecule has 0 saturated heterocycles. The van der Waals surface area contributed by atoms with Gasteiger partial charge in [0.2, 0.25) is 0 Å². The number of carbonyl (C=O) groups is 1. The number of ether oxygens (including phenoxy) is 3. The number of esters is 1. The average Bonchev–Trinajstić information content (AvgIpc) is 2.42. The first-order valence-electron chi connectivity index (χ1n) is 7.13. The maximum absolute atomic E-state index is 12.0. The second-order valence-corrected chi connectivity index (χ2v) is 5.40. The summed E-state index contributed by atoms with van der Waals surface area (Å²) in [7, 11) is 0. The van der Waals surface area contributed by atoms with Crippen molar-refractivity contribution in [3.63, 3.8) is 0 Å². The summed E-state index contributed by atoms with van der Waals surface area (Å²) < 4.78 is 15.9. The molecule has 21 heavy (non-hydrogen) atoms. The third-order valence-electron chi connectivity index (χ3n) is 3.27. The van der Waals surface area contributed by atoms with E-state index in [1.165, 1.54) is 6.07 Å². The number of phenolic OH excluding ortho intramolecular Hbond substituents is 1. The molecular weight excluding hydrogens is 272 g/mol. The highest BCUT2D eigenvalue weighted by Crippen LogP contribution is 2.32. The number of hydrogen-bond acceptors (Lipinski definition) is 5. The van der Waals surface area contributed by atoms with Crippen LogP contribution >= 0.6 is 0 Å². The van der Waals surface area contributed by atoms with Crippen molar-refractivity contribution in [3.05, 3.63) is 18.2 Å². The summed E-state index contributed by atoms with van der Waals surface area (Å²) in [5.74, 6) is 0.142. The molecule has 0 aliphatic rings. The Morgan fingerprint density at radius 3 is 2.52 bits per heavy atom. The quantitative estimate of drug-likeness (QED) is 0.474. The first kappa shape index (κ1) is 17.3. The monoisotopic (exact) mass is 296 g/mol. The van der Waals surface area contributed by atoms with Gasteiger partial charge in [-0.1, -0.05) is 6.92 Å². The van der Waals surface area contributed by atoms with Gasteiger partial charge in [0.1, 0.15) is 5.75 Å². The molecule has 0 amide bonds. The van der Waals surface area contributed by atoms with Gasteiger partial charge >= 0.3 is 5.97 Å². The lowest BCUT2D eigenvalue weighted by atomic mass is 9.91. The summed E-state index contributed by atoms with van der Waals surface area (Å²) in [5.41, 5.74) is -0.561. The molecule has 0 aromatic heterocycles. The predicted molar refractivity (Wildman–Crippen MR) is 79.5 cm³/mol. The van der Waals surface area contributed by atoms with Crippen LogP contribution in [0.25, 0.3) is 0 Å². The van der Waals surface area contributed by atoms with Gasteiger partial charge in [-0.2, -0.15) is 0 Å². The minimum absolute atomic E-state index is 0.0962. The molecule has 5 heteroatoms. The van der Waals surface area contributed by atoms with Crippen LogP contribution in [-0.2, 0) is 9.53 Å². The lowest BCUT2D eigenvalue weighted by molar-refractivity contribution is -0.144. The van der Waals surface area contributed by atoms with E-state index in [1.807, 2.05) is 27.7 Å². The van der Waals surface area contributed by atoms with Gasteiger partial charge < -0.3 is 19.3 Å². The molecule has 1 unspecified atom stereocenters. The van der Waals surface area contributed by atoms with Gasteiger partial charge in [0.15, 0.2) is 17.8 Å². The average molecular weight is 296 g/mol. The van der Waals surface area contributed by atoms with E-state index >= 15 is 0 Å². The standard InChI is InChI=1S/C16H24O5/c1-6-16(4,5)15(18)21-12-8-9-14(13(17)10-12)20-11(3)19-7-2/h8-11,17H,6-7H2,1-5H3. The third kappa shape index (κ3) is 4.93. The fourth-order valence-electron chi connectivity index (χ4n) is 1.50. The van der Waals surface area contributed by atoms with Crippen molar-refractivity contribution in [2.24, 2.45) is 5.41 Å². The zero-order chi connectivity index (χ0) is 16.0. The van der Waals surface area contributed by atoms with Gasteiger partial charge in [0.05, 0.1) is 5.41 Å². The number of rotatable bonds is 7. The van der Waals surface area contributed by atoms with Gasteiger partial charge in [-0.3, -0.25) is 4.79 Å². The van der Waals surface area contributed by atoms with Crippen molar-refractivity contribution >= 4 is 5.97 Å². The lowest BCUT2D eigenvalue weighted by Crippen LogP contribution is -2.28. The third-order valence-corrected chi connectivity index (χ3v) is 3.27. The molecule has 0 spiro atoms. The highest BCUT2D eigenvalue weighted by atomic mass is 16.7. The SMILES string of the molecule is CCOC(C)Oc1ccc(OC(=O)C(C)(C)CC)cc1O. The molecule has 1 N–H and O–H groups in total. The van der Waals surface area contributed by atoms with Crippen LogP contribution in [0, 0.1) is 5.41 Å². The molecule has 0 fully saturated rings. The van der Waals surface area contributed by atoms with E-state index in [2.05, 4.69) is 0 Å². The zero-order valence-corrected chi connectivity index (χ0v) is 13.3. The molecule has 1 rings (SSSR count). The summed E-state index contributed by atoms with van der Waals surface area (Å²) in [6.07, 6.45) is 0.207. The van der Waals surface area contributed by atoms with Crippen LogP contribution in [0.5, 0.6) is 17.2 Å². The molecule has 1 atom stereocenters. The van der Waals surface area contributed by atoms with E-state index < -0.39 is 11.7 Å². The zero-order valence-electron chi connectivity index (χ0n) is 13.3. The van der Waals surface area contributed by atoms with E-state index in [-0.39, 0.29) is 23.2 Å². The second kappa shape index (κ2) is 7.31. The van der Waals surface area contributed by atoms with Crippen LogP contribution < -0.4 is 9.47 Å². The Balaban J connectivity index is 2.76. The summed E-state index contributed by atoms with van der Waals surface area (Å²) in [5, 5.41) is 9.91. The van der Waals surface area contributed by atoms with E-state index in [0.29, 0.717) is 13.0 Å². The predicted octanol–water partition coefficient (Wildman–Crippen LogP) is 3.50. The maximum Gasteiger partial charge on any atom is 0.316 e. The smallest absolute Gasteiger partial charge is 0.316 e. The van der Waals surface area contributed by atoms with Crippen LogP contribution in [0.2, 0.25) is 0 Å². The topological polar surface area (TPSA) is 65.0 Å². The number of phenols is 1. The van der Waals surface area contributed by atoms with E-state index in [4.69, 9.17) is 14.2 Å². The fourth-order valence-corrected chi connectivity index (χ4v) is 1.50. The van der Waals surface area contributed by atoms with Crippen molar-refractivity contribution in [1.29, 1.82) is 0 Å². The minimum atomic E-state index is -0.561. The Morgan fingerprint density at radius 1 is 1.33 bits per heavy atom. The number of aromatic hydroxyl groups is 1. The second-order valence-electron chi connectivity index (χ2n) is 5.40. The molecule has 1 aromatic carbocycles. The fraction of sp³-hybridized carbons (Fsp3) is 0.562. The van der Waals surface area contributed by atoms with Gasteiger partial charge in [-0.15, -0.1) is 0 Å². The Labute approximate surface area is 125 Å². The molecule has 0 saturated carbocycles. The van der Waals surface area contributed by atoms with Crippen molar-refractivity contribution < 1.29 is 24.1 Å². The molecule has 0 heterocycles. The molecule has 0 aliphatic carbocycles. The summed E-state index contributed by atoms with van der Waals surface area (Å²) in [4.78, 5) is 12.0. The maximum atomic E-state index is 12.0. The molecule has 5 nitrogen and oxygen atoms in total. The van der Waals surface area contributed by atoms with E-state index in [0.717, 1.165) is 0 Å². The van der Waals surface area contributed by atoms with Crippen LogP contribution in [0.1, 0.15) is 41.0 Å². The van der Waals surface area contributed by atoms with Crippen molar-refractivity contribution in [3.8, 4) is 17.2 Å². The van der Waals surface area contributed by atoms with Crippen LogP contribution in [0.3, 0.4) is 0 Å². The van der Waals surface area contributed by atoms with Crippen molar-refractivity contribution in [1.82, 2.24) is 0 Å². The molecule has 1 aromatic rings. The summed E-state index contributed by atoms with van der Waals surface area (Å²) in [6, 6.07) is 4.49. The van der Waals surface area contributed by atoms with Gasteiger partial charge in [-0.25, -0.2) is 0 Å². The number of benzene rings is 1. The van der Waals surface area contributed by atoms with Crippen molar-refractivity contribution in [2.45, 2.75) is 47.3 Å². The van der Waals surface area contributed by atoms with Gasteiger partial charge in [0.25, 0.3) is 0 Å². The molecular formula is C16H24O5. The van der Waals surface area contributed by atoms with Gasteiger partial charge in [0, 0.05) is 12.7 Å². The first-order chi connectivity index (χ1) is 9.80. The largest absolute Gasteiger partial charge is 0.504 e. The summed E-state index contributed by atoms with van der Waals surface area (Å²) in [6.45, 7) is 9.67. The Kier molecular flexibility index (Phi) is 6.03. The number of hydrogen-bond donors (Lipinski definition) is 1. The van der Waals surface area contributed by atoms with E-state index in [1.54, 1.807) is 19.1 Å². The number of carbonyl (C=O) groups excluding carboxylic acids is 1. The Hall–Kier alpha value is -1.75. The highest BCUT2D eigenvalue weighted by Gasteiger charge is 2.27. The van der Waals surface area contributed by atoms with Crippen molar-refractivity contribution in [2.75, 3.05) is 6.61 Å². The van der Waals surface area contributed by atoms with Crippen LogP contribution in [0.15, 0.2) is 18.2 Å². The molecule has 118 valence electrons. The highest BCUT2D eigenvalue weighted by molar-refractivity contribution is 5.78. The first-order valence-corrected chi connectivity index (χ1v) is 7.13. The van der Waals surface area contributed by atoms with Crippen LogP contribution in [-0.4, -0.2) is 24.0 Å². The Bertz CT molecular complexity index is 482. The molecule has 0 radical (unpaired) electrons. The Morgan fingerprint density at radius 2 is 2.00 bits per heavy atom. The molecule has 0 aliphatic heterocycles. The lowest BCUT2D eigenvalue weighted by Gasteiger charge is -2.20. The summed E-state index contributed by atoms with van der Waals surface area (Å²) >= 11 is 0. The molecule has 0 bridgehead atoms. The normalized spacial score (nSPS) is 12.8.